The van der Waals surface area contributed by atoms with Gasteiger partial charge in [0.1, 0.15) is 12.4 Å². The number of hydrogen-bond acceptors (Lipinski definition) is 3. The molecule has 0 aliphatic heterocycles. The first kappa shape index (κ1) is 15.6. The highest BCUT2D eigenvalue weighted by Crippen LogP contribution is 2.19. The third kappa shape index (κ3) is 4.85. The summed E-state index contributed by atoms with van der Waals surface area (Å²) in [5, 5.41) is 5.80. The van der Waals surface area contributed by atoms with Gasteiger partial charge in [0.2, 0.25) is 0 Å². The molecule has 118 valence electrons. The maximum Gasteiger partial charge on any atom is 0.122 e. The Bertz CT molecular complexity index is 527. The predicted octanol–water partition coefficient (Wildman–Crippen LogP) is 5.14. The molecule has 1 aromatic carbocycles. The van der Waals surface area contributed by atoms with Crippen LogP contribution in [-0.4, -0.2) is 6.04 Å². The monoisotopic (exact) mass is 315 g/mol. The van der Waals surface area contributed by atoms with Crippen molar-refractivity contribution in [2.24, 2.45) is 0 Å². The first-order chi connectivity index (χ1) is 10.9. The van der Waals surface area contributed by atoms with Crippen molar-refractivity contribution in [2.45, 2.75) is 57.7 Å². The topological polar surface area (TPSA) is 21.3 Å². The zero-order chi connectivity index (χ0) is 15.0. The van der Waals surface area contributed by atoms with Crippen LogP contribution < -0.4 is 10.1 Å². The highest BCUT2D eigenvalue weighted by atomic mass is 32.1. The molecule has 2 nitrogen and oxygen atoms in total. The number of hydrogen-bond donors (Lipinski definition) is 1. The van der Waals surface area contributed by atoms with Gasteiger partial charge in [-0.05, 0) is 42.0 Å². The minimum atomic E-state index is 0.664. The molecule has 1 heterocycles. The van der Waals surface area contributed by atoms with Gasteiger partial charge in [0, 0.05) is 17.5 Å². The number of nitrogens with one attached hydrogen (secondary N) is 1. The molecule has 0 unspecified atom stereocenters. The Morgan fingerprint density at radius 2 is 1.77 bits per heavy atom. The zero-order valence-corrected chi connectivity index (χ0v) is 13.9. The van der Waals surface area contributed by atoms with Crippen molar-refractivity contribution >= 4 is 11.3 Å². The molecule has 1 N–H and O–H groups in total. The molecule has 22 heavy (non-hydrogen) atoms. The van der Waals surface area contributed by atoms with Crippen molar-refractivity contribution in [1.82, 2.24) is 5.32 Å². The second-order valence-corrected chi connectivity index (χ2v) is 7.11. The molecule has 3 rings (SSSR count). The van der Waals surface area contributed by atoms with Crippen LogP contribution in [-0.2, 0) is 13.2 Å². The first-order valence-electron chi connectivity index (χ1n) is 8.38. The van der Waals surface area contributed by atoms with Gasteiger partial charge in [-0.1, -0.05) is 43.9 Å². The van der Waals surface area contributed by atoms with Crippen LogP contribution >= 0.6 is 11.3 Å². The Morgan fingerprint density at radius 3 is 2.45 bits per heavy atom. The lowest BCUT2D eigenvalue weighted by atomic mass is 10.1. The number of thiophene rings is 1. The molecular formula is C19H25NOS. The van der Waals surface area contributed by atoms with Gasteiger partial charge in [-0.3, -0.25) is 0 Å². The summed E-state index contributed by atoms with van der Waals surface area (Å²) in [4.78, 5) is 1.26. The van der Waals surface area contributed by atoms with Crippen LogP contribution in [0.15, 0.2) is 41.8 Å². The van der Waals surface area contributed by atoms with E-state index >= 15 is 0 Å². The molecule has 0 atom stereocenters. The maximum atomic E-state index is 5.81. The van der Waals surface area contributed by atoms with Crippen LogP contribution in [0.2, 0.25) is 0 Å². The largest absolute Gasteiger partial charge is 0.488 e. The van der Waals surface area contributed by atoms with Crippen molar-refractivity contribution in [2.75, 3.05) is 0 Å². The number of rotatable bonds is 6. The van der Waals surface area contributed by atoms with E-state index in [1.165, 1.54) is 49.0 Å². The van der Waals surface area contributed by atoms with E-state index in [2.05, 4.69) is 47.1 Å². The van der Waals surface area contributed by atoms with Crippen LogP contribution in [0.5, 0.6) is 5.75 Å². The van der Waals surface area contributed by atoms with Gasteiger partial charge >= 0.3 is 0 Å². The van der Waals surface area contributed by atoms with E-state index in [4.69, 9.17) is 4.74 Å². The van der Waals surface area contributed by atoms with E-state index in [1.54, 1.807) is 11.3 Å². The van der Waals surface area contributed by atoms with Crippen LogP contribution in [0.4, 0.5) is 0 Å². The smallest absolute Gasteiger partial charge is 0.122 e. The second-order valence-electron chi connectivity index (χ2n) is 6.08. The zero-order valence-electron chi connectivity index (χ0n) is 13.1. The van der Waals surface area contributed by atoms with Crippen molar-refractivity contribution in [3.8, 4) is 5.75 Å². The summed E-state index contributed by atoms with van der Waals surface area (Å²) in [6.45, 7) is 1.63. The lowest BCUT2D eigenvalue weighted by molar-refractivity contribution is 0.309. The van der Waals surface area contributed by atoms with Gasteiger partial charge in [-0.25, -0.2) is 0 Å². The fourth-order valence-corrected chi connectivity index (χ4v) is 3.61. The minimum Gasteiger partial charge on any atom is -0.488 e. The van der Waals surface area contributed by atoms with Crippen molar-refractivity contribution in [3.05, 3.63) is 52.2 Å². The molecule has 1 aliphatic rings. The average molecular weight is 315 g/mol. The highest BCUT2D eigenvalue weighted by Gasteiger charge is 2.11. The van der Waals surface area contributed by atoms with E-state index in [9.17, 15) is 0 Å². The van der Waals surface area contributed by atoms with Gasteiger partial charge in [-0.2, -0.15) is 0 Å². The van der Waals surface area contributed by atoms with Gasteiger partial charge in [0.25, 0.3) is 0 Å². The fourth-order valence-electron chi connectivity index (χ4n) is 3.00. The highest BCUT2D eigenvalue weighted by molar-refractivity contribution is 7.09. The predicted molar refractivity (Wildman–Crippen MR) is 93.4 cm³/mol. The van der Waals surface area contributed by atoms with E-state index in [1.807, 2.05) is 0 Å². The Balaban J connectivity index is 1.44. The Labute approximate surface area is 137 Å². The molecule has 3 heteroatoms. The Morgan fingerprint density at radius 1 is 1.00 bits per heavy atom. The van der Waals surface area contributed by atoms with E-state index < -0.39 is 0 Å². The minimum absolute atomic E-state index is 0.664. The molecule has 0 radical (unpaired) electrons. The van der Waals surface area contributed by atoms with Crippen molar-refractivity contribution in [1.29, 1.82) is 0 Å². The molecule has 2 aromatic rings. The van der Waals surface area contributed by atoms with E-state index in [-0.39, 0.29) is 0 Å². The summed E-state index contributed by atoms with van der Waals surface area (Å²) in [6, 6.07) is 13.4. The van der Waals surface area contributed by atoms with Crippen molar-refractivity contribution < 1.29 is 4.74 Å². The van der Waals surface area contributed by atoms with Gasteiger partial charge in [0.05, 0.1) is 0 Å². The first-order valence-corrected chi connectivity index (χ1v) is 9.25. The standard InChI is InChI=1S/C19H25NOS/c1-2-4-7-17(6-3-1)20-14-16-9-11-18(12-10-16)21-15-19-8-5-13-22-19/h5,8-13,17,20H,1-4,6-7,14-15H2. The summed E-state index contributed by atoms with van der Waals surface area (Å²) in [7, 11) is 0. The molecule has 0 saturated heterocycles. The summed E-state index contributed by atoms with van der Waals surface area (Å²) < 4.78 is 5.81. The molecule has 1 aromatic heterocycles. The van der Waals surface area contributed by atoms with E-state index in [0.717, 1.165) is 12.3 Å². The molecular weight excluding hydrogens is 290 g/mol. The summed E-state index contributed by atoms with van der Waals surface area (Å²) in [5.41, 5.74) is 1.34. The van der Waals surface area contributed by atoms with Crippen LogP contribution in [0.3, 0.4) is 0 Å². The molecule has 1 aliphatic carbocycles. The molecule has 1 fully saturated rings. The van der Waals surface area contributed by atoms with Gasteiger partial charge < -0.3 is 10.1 Å². The van der Waals surface area contributed by atoms with Crippen LogP contribution in [0.1, 0.15) is 49.0 Å². The number of ether oxygens (including phenoxy) is 1. The summed E-state index contributed by atoms with van der Waals surface area (Å²) >= 11 is 1.74. The molecule has 1 saturated carbocycles. The third-order valence-corrected chi connectivity index (χ3v) is 5.18. The number of benzene rings is 1. The molecule has 0 spiro atoms. The van der Waals surface area contributed by atoms with E-state index in [0.29, 0.717) is 12.6 Å². The quantitative estimate of drug-likeness (QED) is 0.745. The van der Waals surface area contributed by atoms with Gasteiger partial charge in [-0.15, -0.1) is 11.3 Å². The van der Waals surface area contributed by atoms with Gasteiger partial charge in [0.15, 0.2) is 0 Å². The Hall–Kier alpha value is -1.32. The molecule has 0 amide bonds. The lowest BCUT2D eigenvalue weighted by Crippen LogP contribution is -2.27. The fraction of sp³-hybridized carbons (Fsp3) is 0.474. The van der Waals surface area contributed by atoms with Crippen LogP contribution in [0.25, 0.3) is 0 Å². The average Bonchev–Trinajstić information content (AvgIpc) is 2.94. The summed E-state index contributed by atoms with van der Waals surface area (Å²) in [5.74, 6) is 0.951. The van der Waals surface area contributed by atoms with Crippen molar-refractivity contribution in [3.63, 3.8) is 0 Å². The SMILES string of the molecule is c1csc(COc2ccc(CNC3CCCCCC3)cc2)c1. The third-order valence-electron chi connectivity index (χ3n) is 4.33. The molecule has 0 bridgehead atoms. The maximum absolute atomic E-state index is 5.81. The Kier molecular flexibility index (Phi) is 5.91. The van der Waals surface area contributed by atoms with Crippen LogP contribution in [0, 0.1) is 0 Å². The lowest BCUT2D eigenvalue weighted by Gasteiger charge is -2.16. The summed E-state index contributed by atoms with van der Waals surface area (Å²) in [6.07, 6.45) is 8.26. The second kappa shape index (κ2) is 8.35. The normalized spacial score (nSPS) is 16.4.